The lowest BCUT2D eigenvalue weighted by molar-refractivity contribution is 0.386. The highest BCUT2D eigenvalue weighted by atomic mass is 79.9. The first-order valence-electron chi connectivity index (χ1n) is 4.73. The zero-order valence-corrected chi connectivity index (χ0v) is 10.5. The van der Waals surface area contributed by atoms with E-state index in [1.54, 1.807) is 6.07 Å². The zero-order chi connectivity index (χ0) is 12.4. The Morgan fingerprint density at radius 1 is 1.41 bits per heavy atom. The van der Waals surface area contributed by atoms with Gasteiger partial charge in [-0.1, -0.05) is 0 Å². The largest absolute Gasteiger partial charge is 0.494 e. The van der Waals surface area contributed by atoms with E-state index < -0.39 is 5.82 Å². The van der Waals surface area contributed by atoms with E-state index in [0.717, 1.165) is 0 Å². The van der Waals surface area contributed by atoms with Gasteiger partial charge in [0.2, 0.25) is 0 Å². The first-order chi connectivity index (χ1) is 8.11. The maximum Gasteiger partial charge on any atom is 0.165 e. The van der Waals surface area contributed by atoms with E-state index >= 15 is 0 Å². The van der Waals surface area contributed by atoms with E-state index in [0.29, 0.717) is 21.7 Å². The first kappa shape index (κ1) is 11.8. The lowest BCUT2D eigenvalue weighted by Gasteiger charge is -2.05. The number of nitrogens with zero attached hydrogens (tertiary/aromatic N) is 2. The number of benzene rings is 1. The maximum atomic E-state index is 13.5. The number of ether oxygens (including phenoxy) is 1. The second-order valence-electron chi connectivity index (χ2n) is 3.28. The molecule has 0 aliphatic carbocycles. The molecule has 0 fully saturated rings. The minimum absolute atomic E-state index is 0.179. The Hall–Kier alpha value is -1.69. The lowest BCUT2D eigenvalue weighted by Crippen LogP contribution is -1.97. The predicted molar refractivity (Wildman–Crippen MR) is 66.1 cm³/mol. The number of anilines is 1. The Bertz CT molecular complexity index is 562. The third-order valence-electron chi connectivity index (χ3n) is 2.18. The third-order valence-corrected chi connectivity index (χ3v) is 2.79. The van der Waals surface area contributed by atoms with E-state index in [4.69, 9.17) is 10.5 Å². The van der Waals surface area contributed by atoms with Gasteiger partial charge in [-0.25, -0.2) is 14.4 Å². The van der Waals surface area contributed by atoms with Crippen molar-refractivity contribution in [2.24, 2.45) is 0 Å². The van der Waals surface area contributed by atoms with Gasteiger partial charge in [0.05, 0.1) is 11.6 Å². The van der Waals surface area contributed by atoms with Crippen molar-refractivity contribution in [2.75, 3.05) is 12.8 Å². The molecule has 0 aliphatic rings. The molecule has 0 saturated carbocycles. The van der Waals surface area contributed by atoms with Crippen molar-refractivity contribution in [3.63, 3.8) is 0 Å². The van der Waals surface area contributed by atoms with Crippen LogP contribution in [0.5, 0.6) is 5.75 Å². The number of halogens is 2. The van der Waals surface area contributed by atoms with Crippen LogP contribution < -0.4 is 10.5 Å². The van der Waals surface area contributed by atoms with Gasteiger partial charge in [-0.3, -0.25) is 0 Å². The van der Waals surface area contributed by atoms with Gasteiger partial charge < -0.3 is 10.5 Å². The summed E-state index contributed by atoms with van der Waals surface area (Å²) < 4.78 is 18.9. The highest BCUT2D eigenvalue weighted by Gasteiger charge is 2.08. The van der Waals surface area contributed by atoms with Gasteiger partial charge in [-0.15, -0.1) is 0 Å². The number of hydrogen-bond donors (Lipinski definition) is 1. The fourth-order valence-corrected chi connectivity index (χ4v) is 1.52. The van der Waals surface area contributed by atoms with Crippen LogP contribution in [0.15, 0.2) is 28.9 Å². The summed E-state index contributed by atoms with van der Waals surface area (Å²) >= 11 is 3.20. The summed E-state index contributed by atoms with van der Waals surface area (Å²) in [4.78, 5) is 8.11. The number of hydrogen-bond acceptors (Lipinski definition) is 4. The Balaban J connectivity index is 2.46. The fraction of sp³-hybridized carbons (Fsp3) is 0.0909. The molecule has 2 aromatic rings. The standard InChI is InChI=1S/C11H9BrFN3O/c1-17-9-3-2-6(4-8(9)13)11-15-5-7(12)10(14)16-11/h2-5H,1H3,(H2,14,15,16). The molecule has 1 heterocycles. The molecule has 0 radical (unpaired) electrons. The summed E-state index contributed by atoms with van der Waals surface area (Å²) in [6.07, 6.45) is 1.53. The molecule has 0 unspecified atom stereocenters. The van der Waals surface area contributed by atoms with Crippen LogP contribution in [0.3, 0.4) is 0 Å². The van der Waals surface area contributed by atoms with Gasteiger partial charge >= 0.3 is 0 Å². The van der Waals surface area contributed by atoms with Crippen molar-refractivity contribution >= 4 is 21.7 Å². The third kappa shape index (κ3) is 2.36. The van der Waals surface area contributed by atoms with Crippen molar-refractivity contribution in [2.45, 2.75) is 0 Å². The van der Waals surface area contributed by atoms with Crippen LogP contribution in [0.1, 0.15) is 0 Å². The molecule has 2 N–H and O–H groups in total. The normalized spacial score (nSPS) is 10.3. The molecule has 2 rings (SSSR count). The van der Waals surface area contributed by atoms with Crippen LogP contribution in [0.25, 0.3) is 11.4 Å². The van der Waals surface area contributed by atoms with Crippen LogP contribution in [0.4, 0.5) is 10.2 Å². The average Bonchev–Trinajstić information content (AvgIpc) is 2.32. The number of rotatable bonds is 2. The molecule has 0 aliphatic heterocycles. The highest BCUT2D eigenvalue weighted by Crippen LogP contribution is 2.25. The number of nitrogen functional groups attached to an aromatic ring is 1. The molecule has 0 atom stereocenters. The van der Waals surface area contributed by atoms with E-state index in [1.165, 1.54) is 25.4 Å². The van der Waals surface area contributed by atoms with E-state index in [1.807, 2.05) is 0 Å². The lowest BCUT2D eigenvalue weighted by atomic mass is 10.2. The molecule has 0 spiro atoms. The van der Waals surface area contributed by atoms with Crippen molar-refractivity contribution in [1.29, 1.82) is 0 Å². The Labute approximate surface area is 106 Å². The zero-order valence-electron chi connectivity index (χ0n) is 8.95. The Morgan fingerprint density at radius 3 is 2.76 bits per heavy atom. The quantitative estimate of drug-likeness (QED) is 0.926. The van der Waals surface area contributed by atoms with Crippen LogP contribution in [-0.4, -0.2) is 17.1 Å². The molecule has 1 aromatic heterocycles. The summed E-state index contributed by atoms with van der Waals surface area (Å²) in [6.45, 7) is 0. The molecular formula is C11H9BrFN3O. The topological polar surface area (TPSA) is 61.0 Å². The van der Waals surface area contributed by atoms with Gasteiger partial charge in [-0.2, -0.15) is 0 Å². The smallest absolute Gasteiger partial charge is 0.165 e. The highest BCUT2D eigenvalue weighted by molar-refractivity contribution is 9.10. The van der Waals surface area contributed by atoms with Gasteiger partial charge in [0, 0.05) is 11.8 Å². The summed E-state index contributed by atoms with van der Waals surface area (Å²) in [5.41, 5.74) is 6.18. The van der Waals surface area contributed by atoms with Crippen LogP contribution in [-0.2, 0) is 0 Å². The second-order valence-corrected chi connectivity index (χ2v) is 4.13. The van der Waals surface area contributed by atoms with Crippen molar-refractivity contribution in [1.82, 2.24) is 9.97 Å². The molecule has 88 valence electrons. The minimum Gasteiger partial charge on any atom is -0.494 e. The number of nitrogens with two attached hydrogens (primary N) is 1. The molecule has 0 amide bonds. The second kappa shape index (κ2) is 4.67. The summed E-state index contributed by atoms with van der Waals surface area (Å²) in [5, 5.41) is 0. The monoisotopic (exact) mass is 297 g/mol. The molecule has 1 aromatic carbocycles. The predicted octanol–water partition coefficient (Wildman–Crippen LogP) is 2.64. The van der Waals surface area contributed by atoms with E-state index in [-0.39, 0.29) is 5.75 Å². The van der Waals surface area contributed by atoms with Crippen LogP contribution in [0, 0.1) is 5.82 Å². The van der Waals surface area contributed by atoms with Crippen LogP contribution in [0.2, 0.25) is 0 Å². The van der Waals surface area contributed by atoms with Gasteiger partial charge in [0.25, 0.3) is 0 Å². The summed E-state index contributed by atoms with van der Waals surface area (Å²) in [6, 6.07) is 4.50. The summed E-state index contributed by atoms with van der Waals surface area (Å²) in [7, 11) is 1.41. The van der Waals surface area contributed by atoms with Crippen LogP contribution >= 0.6 is 15.9 Å². The maximum absolute atomic E-state index is 13.5. The molecule has 17 heavy (non-hydrogen) atoms. The number of methoxy groups -OCH3 is 1. The SMILES string of the molecule is COc1ccc(-c2ncc(Br)c(N)n2)cc1F. The molecule has 6 heteroatoms. The first-order valence-corrected chi connectivity index (χ1v) is 5.53. The van der Waals surface area contributed by atoms with E-state index in [2.05, 4.69) is 25.9 Å². The summed E-state index contributed by atoms with van der Waals surface area (Å²) in [5.74, 6) is 0.396. The Kier molecular flexibility index (Phi) is 3.23. The average molecular weight is 298 g/mol. The van der Waals surface area contributed by atoms with Gasteiger partial charge in [0.1, 0.15) is 5.82 Å². The number of aromatic nitrogens is 2. The van der Waals surface area contributed by atoms with Crippen molar-refractivity contribution in [3.05, 3.63) is 34.7 Å². The molecular weight excluding hydrogens is 289 g/mol. The molecule has 0 saturated heterocycles. The van der Waals surface area contributed by atoms with Crippen molar-refractivity contribution < 1.29 is 9.13 Å². The fourth-order valence-electron chi connectivity index (χ4n) is 1.32. The minimum atomic E-state index is -0.463. The molecule has 0 bridgehead atoms. The van der Waals surface area contributed by atoms with Crippen molar-refractivity contribution in [3.8, 4) is 17.1 Å². The molecule has 4 nitrogen and oxygen atoms in total. The van der Waals surface area contributed by atoms with E-state index in [9.17, 15) is 4.39 Å². The van der Waals surface area contributed by atoms with Gasteiger partial charge in [0.15, 0.2) is 17.4 Å². The van der Waals surface area contributed by atoms with Gasteiger partial charge in [-0.05, 0) is 34.1 Å². The Morgan fingerprint density at radius 2 is 2.18 bits per heavy atom.